The van der Waals surface area contributed by atoms with Gasteiger partial charge in [-0.1, -0.05) is 32.4 Å². The van der Waals surface area contributed by atoms with Crippen LogP contribution in [0.2, 0.25) is 0 Å². The van der Waals surface area contributed by atoms with Gasteiger partial charge in [-0.05, 0) is 30.0 Å². The molecule has 2 nitrogen and oxygen atoms in total. The third kappa shape index (κ3) is 2.72. The van der Waals surface area contributed by atoms with Crippen LogP contribution in [0.15, 0.2) is 18.2 Å². The molecule has 15 heavy (non-hydrogen) atoms. The molecule has 0 fully saturated rings. The summed E-state index contributed by atoms with van der Waals surface area (Å²) >= 11 is 0. The van der Waals surface area contributed by atoms with E-state index in [0.717, 1.165) is 17.7 Å². The highest BCUT2D eigenvalue weighted by atomic mass is 16.5. The Balaban J connectivity index is 2.92. The van der Waals surface area contributed by atoms with Crippen LogP contribution in [0.25, 0.3) is 0 Å². The minimum absolute atomic E-state index is 0.125. The molecule has 1 aromatic carbocycles. The second-order valence-corrected chi connectivity index (χ2v) is 4.14. The molecule has 0 aliphatic carbocycles. The summed E-state index contributed by atoms with van der Waals surface area (Å²) in [6.07, 6.45) is 1.10. The number of ether oxygens (including phenoxy) is 1. The monoisotopic (exact) mass is 207 g/mol. The summed E-state index contributed by atoms with van der Waals surface area (Å²) in [7, 11) is 1.69. The van der Waals surface area contributed by atoms with E-state index in [4.69, 9.17) is 10.5 Å². The van der Waals surface area contributed by atoms with Gasteiger partial charge in [0.15, 0.2) is 0 Å². The van der Waals surface area contributed by atoms with E-state index >= 15 is 0 Å². The van der Waals surface area contributed by atoms with Gasteiger partial charge in [0, 0.05) is 6.04 Å². The fraction of sp³-hybridized carbons (Fsp3) is 0.538. The maximum atomic E-state index is 6.17. The summed E-state index contributed by atoms with van der Waals surface area (Å²) in [4.78, 5) is 0. The lowest BCUT2D eigenvalue weighted by molar-refractivity contribution is 0.410. The molecular weight excluding hydrogens is 186 g/mol. The fourth-order valence-corrected chi connectivity index (χ4v) is 1.69. The van der Waals surface area contributed by atoms with Crippen LogP contribution < -0.4 is 10.5 Å². The van der Waals surface area contributed by atoms with Crippen LogP contribution in [-0.4, -0.2) is 7.11 Å². The highest BCUT2D eigenvalue weighted by Gasteiger charge is 2.13. The second kappa shape index (κ2) is 5.17. The molecule has 0 radical (unpaired) electrons. The van der Waals surface area contributed by atoms with Gasteiger partial charge in [-0.2, -0.15) is 0 Å². The molecule has 1 rings (SSSR count). The Morgan fingerprint density at radius 3 is 2.53 bits per heavy atom. The standard InChI is InChI=1S/C13H21NO/c1-5-9(2)13(14)11-6-7-12(15-4)10(3)8-11/h6-9,13H,5,14H2,1-4H3/t9?,13-/m1/s1. The Morgan fingerprint density at radius 2 is 2.07 bits per heavy atom. The molecule has 84 valence electrons. The highest BCUT2D eigenvalue weighted by Crippen LogP contribution is 2.26. The van der Waals surface area contributed by atoms with Crippen molar-refractivity contribution in [2.45, 2.75) is 33.2 Å². The SMILES string of the molecule is CCC(C)[C@@H](N)c1ccc(OC)c(C)c1. The zero-order valence-corrected chi connectivity index (χ0v) is 10.1. The molecule has 0 aromatic heterocycles. The second-order valence-electron chi connectivity index (χ2n) is 4.14. The zero-order valence-electron chi connectivity index (χ0n) is 10.1. The first-order chi connectivity index (χ1) is 7.10. The van der Waals surface area contributed by atoms with E-state index in [1.807, 2.05) is 13.0 Å². The van der Waals surface area contributed by atoms with Crippen molar-refractivity contribution in [1.82, 2.24) is 0 Å². The first-order valence-electron chi connectivity index (χ1n) is 5.50. The summed E-state index contributed by atoms with van der Waals surface area (Å²) in [5.41, 5.74) is 8.51. The predicted octanol–water partition coefficient (Wildman–Crippen LogP) is 3.05. The van der Waals surface area contributed by atoms with Gasteiger partial charge in [0.2, 0.25) is 0 Å². The van der Waals surface area contributed by atoms with Crippen LogP contribution in [0.4, 0.5) is 0 Å². The predicted molar refractivity (Wildman–Crippen MR) is 64.1 cm³/mol. The number of rotatable bonds is 4. The smallest absolute Gasteiger partial charge is 0.121 e. The summed E-state index contributed by atoms with van der Waals surface area (Å²) in [5, 5.41) is 0. The Hall–Kier alpha value is -1.02. The average Bonchev–Trinajstić information content (AvgIpc) is 2.26. The van der Waals surface area contributed by atoms with Crippen molar-refractivity contribution < 1.29 is 4.74 Å². The number of hydrogen-bond acceptors (Lipinski definition) is 2. The first kappa shape index (κ1) is 12.1. The van der Waals surface area contributed by atoms with Crippen molar-refractivity contribution in [2.24, 2.45) is 11.7 Å². The molecule has 0 amide bonds. The lowest BCUT2D eigenvalue weighted by Crippen LogP contribution is -2.18. The number of methoxy groups -OCH3 is 1. The molecule has 2 N–H and O–H groups in total. The largest absolute Gasteiger partial charge is 0.496 e. The van der Waals surface area contributed by atoms with Crippen molar-refractivity contribution in [3.63, 3.8) is 0 Å². The quantitative estimate of drug-likeness (QED) is 0.823. The van der Waals surface area contributed by atoms with Crippen molar-refractivity contribution in [3.05, 3.63) is 29.3 Å². The summed E-state index contributed by atoms with van der Waals surface area (Å²) in [6.45, 7) is 6.40. The average molecular weight is 207 g/mol. The van der Waals surface area contributed by atoms with Gasteiger partial charge in [0.1, 0.15) is 5.75 Å². The summed E-state index contributed by atoms with van der Waals surface area (Å²) in [5.74, 6) is 1.44. The van der Waals surface area contributed by atoms with Gasteiger partial charge in [0.05, 0.1) is 7.11 Å². The molecule has 2 heteroatoms. The molecular formula is C13H21NO. The van der Waals surface area contributed by atoms with E-state index in [2.05, 4.69) is 26.0 Å². The van der Waals surface area contributed by atoms with Crippen molar-refractivity contribution in [1.29, 1.82) is 0 Å². The summed E-state index contributed by atoms with van der Waals surface area (Å²) < 4.78 is 5.23. The number of aryl methyl sites for hydroxylation is 1. The first-order valence-corrected chi connectivity index (χ1v) is 5.50. The van der Waals surface area contributed by atoms with Crippen LogP contribution in [0.1, 0.15) is 37.4 Å². The molecule has 0 saturated heterocycles. The van der Waals surface area contributed by atoms with E-state index in [1.54, 1.807) is 7.11 Å². The molecule has 0 spiro atoms. The third-order valence-electron chi connectivity index (χ3n) is 3.06. The van der Waals surface area contributed by atoms with Gasteiger partial charge in [-0.15, -0.1) is 0 Å². The normalized spacial score (nSPS) is 14.7. The van der Waals surface area contributed by atoms with Gasteiger partial charge in [-0.3, -0.25) is 0 Å². The van der Waals surface area contributed by atoms with Crippen LogP contribution in [0.3, 0.4) is 0 Å². The molecule has 1 aromatic rings. The molecule has 2 atom stereocenters. The number of nitrogens with two attached hydrogens (primary N) is 1. The van der Waals surface area contributed by atoms with E-state index < -0.39 is 0 Å². The van der Waals surface area contributed by atoms with Gasteiger partial charge in [0.25, 0.3) is 0 Å². The van der Waals surface area contributed by atoms with Crippen LogP contribution >= 0.6 is 0 Å². The Morgan fingerprint density at radius 1 is 1.40 bits per heavy atom. The Bertz CT molecular complexity index is 322. The van der Waals surface area contributed by atoms with Crippen molar-refractivity contribution >= 4 is 0 Å². The minimum atomic E-state index is 0.125. The molecule has 1 unspecified atom stereocenters. The van der Waals surface area contributed by atoms with Gasteiger partial charge >= 0.3 is 0 Å². The van der Waals surface area contributed by atoms with Gasteiger partial charge in [-0.25, -0.2) is 0 Å². The lowest BCUT2D eigenvalue weighted by atomic mass is 9.92. The number of benzene rings is 1. The van der Waals surface area contributed by atoms with E-state index in [1.165, 1.54) is 5.56 Å². The highest BCUT2D eigenvalue weighted by molar-refractivity contribution is 5.37. The Kier molecular flexibility index (Phi) is 4.15. The van der Waals surface area contributed by atoms with Crippen molar-refractivity contribution in [2.75, 3.05) is 7.11 Å². The van der Waals surface area contributed by atoms with E-state index in [-0.39, 0.29) is 6.04 Å². The zero-order chi connectivity index (χ0) is 11.4. The molecule has 0 saturated carbocycles. The number of hydrogen-bond donors (Lipinski definition) is 1. The van der Waals surface area contributed by atoms with Crippen LogP contribution in [0.5, 0.6) is 5.75 Å². The molecule has 0 aliphatic heterocycles. The Labute approximate surface area is 92.4 Å². The van der Waals surface area contributed by atoms with Crippen molar-refractivity contribution in [3.8, 4) is 5.75 Å². The fourth-order valence-electron chi connectivity index (χ4n) is 1.69. The van der Waals surface area contributed by atoms with E-state index in [0.29, 0.717) is 5.92 Å². The molecule has 0 aliphatic rings. The lowest BCUT2D eigenvalue weighted by Gasteiger charge is -2.19. The maximum Gasteiger partial charge on any atom is 0.121 e. The van der Waals surface area contributed by atoms with Crippen LogP contribution in [0, 0.1) is 12.8 Å². The molecule has 0 bridgehead atoms. The van der Waals surface area contributed by atoms with Gasteiger partial charge < -0.3 is 10.5 Å². The summed E-state index contributed by atoms with van der Waals surface area (Å²) in [6, 6.07) is 6.30. The van der Waals surface area contributed by atoms with E-state index in [9.17, 15) is 0 Å². The van der Waals surface area contributed by atoms with Crippen LogP contribution in [-0.2, 0) is 0 Å². The molecule has 0 heterocycles. The third-order valence-corrected chi connectivity index (χ3v) is 3.06. The maximum absolute atomic E-state index is 6.17. The topological polar surface area (TPSA) is 35.2 Å². The minimum Gasteiger partial charge on any atom is -0.496 e.